The molecule has 1 heterocycles. The first kappa shape index (κ1) is 17.0. The van der Waals surface area contributed by atoms with Crippen LogP contribution in [-0.2, 0) is 6.61 Å². The fourth-order valence-electron chi connectivity index (χ4n) is 3.05. The van der Waals surface area contributed by atoms with Gasteiger partial charge in [-0.15, -0.1) is 0 Å². The number of ketones is 1. The predicted octanol–water partition coefficient (Wildman–Crippen LogP) is 5.33. The van der Waals surface area contributed by atoms with E-state index in [2.05, 4.69) is 0 Å². The Hall–Kier alpha value is -3.40. The average Bonchev–Trinajstić information content (AvgIpc) is 2.97. The molecule has 0 fully saturated rings. The maximum atomic E-state index is 13.4. The van der Waals surface area contributed by atoms with Gasteiger partial charge < -0.3 is 9.47 Å². The molecule has 0 N–H and O–H groups in total. The Kier molecular flexibility index (Phi) is 4.47. The van der Waals surface area contributed by atoms with E-state index in [9.17, 15) is 9.18 Å². The molecule has 27 heavy (non-hydrogen) atoms. The number of halogens is 1. The summed E-state index contributed by atoms with van der Waals surface area (Å²) in [5.41, 5.74) is 2.93. The quantitative estimate of drug-likeness (QED) is 0.590. The monoisotopic (exact) mass is 360 g/mol. The van der Waals surface area contributed by atoms with Gasteiger partial charge in [0, 0.05) is 6.07 Å². The number of ether oxygens (including phenoxy) is 2. The maximum Gasteiger partial charge on any atom is 0.232 e. The fourth-order valence-corrected chi connectivity index (χ4v) is 3.05. The highest BCUT2D eigenvalue weighted by molar-refractivity contribution is 6.15. The minimum absolute atomic E-state index is 0.180. The lowest BCUT2D eigenvalue weighted by Gasteiger charge is -2.09. The Morgan fingerprint density at radius 2 is 1.85 bits per heavy atom. The third-order valence-corrected chi connectivity index (χ3v) is 4.34. The van der Waals surface area contributed by atoms with Crippen molar-refractivity contribution < 1.29 is 18.7 Å². The van der Waals surface area contributed by atoms with Gasteiger partial charge in [-0.05, 0) is 47.9 Å². The molecule has 3 nitrogen and oxygen atoms in total. The molecule has 0 bridgehead atoms. The lowest BCUT2D eigenvalue weighted by molar-refractivity contribution is 0.101. The second-order valence-electron chi connectivity index (χ2n) is 6.38. The summed E-state index contributed by atoms with van der Waals surface area (Å²) < 4.78 is 25.0. The van der Waals surface area contributed by atoms with Crippen molar-refractivity contribution in [3.05, 3.63) is 101 Å². The number of Topliss-reactive ketones (excluding diaryl/α,β-unsaturated/α-hetero) is 1. The van der Waals surface area contributed by atoms with E-state index in [4.69, 9.17) is 9.47 Å². The third-order valence-electron chi connectivity index (χ3n) is 4.34. The van der Waals surface area contributed by atoms with Crippen molar-refractivity contribution >= 4 is 11.9 Å². The fraction of sp³-hybridized carbons (Fsp3) is 0.0870. The smallest absolute Gasteiger partial charge is 0.232 e. The van der Waals surface area contributed by atoms with E-state index in [1.165, 1.54) is 12.1 Å². The Morgan fingerprint density at radius 3 is 2.63 bits per heavy atom. The molecule has 1 aliphatic rings. The molecular weight excluding hydrogens is 343 g/mol. The summed E-state index contributed by atoms with van der Waals surface area (Å²) in [4.78, 5) is 12.7. The molecule has 3 aromatic carbocycles. The van der Waals surface area contributed by atoms with E-state index in [0.717, 1.165) is 11.1 Å². The summed E-state index contributed by atoms with van der Waals surface area (Å²) in [5.74, 6) is 0.709. The Labute approximate surface area is 156 Å². The molecule has 1 aliphatic heterocycles. The van der Waals surface area contributed by atoms with Crippen LogP contribution >= 0.6 is 0 Å². The highest BCUT2D eigenvalue weighted by Crippen LogP contribution is 2.37. The summed E-state index contributed by atoms with van der Waals surface area (Å²) in [7, 11) is 0. The topological polar surface area (TPSA) is 35.5 Å². The summed E-state index contributed by atoms with van der Waals surface area (Å²) in [5, 5.41) is 0. The van der Waals surface area contributed by atoms with Crippen molar-refractivity contribution in [2.45, 2.75) is 13.5 Å². The van der Waals surface area contributed by atoms with Crippen molar-refractivity contribution in [3.63, 3.8) is 0 Å². The predicted molar refractivity (Wildman–Crippen MR) is 101 cm³/mol. The summed E-state index contributed by atoms with van der Waals surface area (Å²) in [6.45, 7) is 2.28. The Balaban J connectivity index is 1.58. The number of aryl methyl sites for hydroxylation is 1. The SMILES string of the molecule is Cc1cc(OCc2ccccc2)cc2c1C(=O)/C(=C/c1cccc(F)c1)O2. The number of benzene rings is 3. The van der Waals surface area contributed by atoms with Crippen LogP contribution in [0.15, 0.2) is 72.5 Å². The van der Waals surface area contributed by atoms with Crippen LogP contribution in [0.5, 0.6) is 11.5 Å². The van der Waals surface area contributed by atoms with E-state index in [1.54, 1.807) is 24.3 Å². The van der Waals surface area contributed by atoms with Gasteiger partial charge in [0.1, 0.15) is 23.9 Å². The number of fused-ring (bicyclic) bond motifs is 1. The first-order valence-corrected chi connectivity index (χ1v) is 8.61. The zero-order valence-electron chi connectivity index (χ0n) is 14.7. The zero-order chi connectivity index (χ0) is 18.8. The first-order chi connectivity index (χ1) is 13.1. The standard InChI is InChI=1S/C23H17FO3/c1-15-10-19(26-14-16-6-3-2-4-7-16)13-20-22(15)23(25)21(27-20)12-17-8-5-9-18(24)11-17/h2-13H,14H2,1H3/b21-12-. The van der Waals surface area contributed by atoms with Gasteiger partial charge in [-0.25, -0.2) is 4.39 Å². The van der Waals surface area contributed by atoms with Crippen LogP contribution in [0.4, 0.5) is 4.39 Å². The third kappa shape index (κ3) is 3.60. The van der Waals surface area contributed by atoms with Crippen LogP contribution in [0.2, 0.25) is 0 Å². The van der Waals surface area contributed by atoms with Crippen molar-refractivity contribution in [2.75, 3.05) is 0 Å². The van der Waals surface area contributed by atoms with Gasteiger partial charge >= 0.3 is 0 Å². The summed E-state index contributed by atoms with van der Waals surface area (Å²) in [6, 6.07) is 19.4. The molecule has 0 saturated carbocycles. The molecule has 0 radical (unpaired) electrons. The van der Waals surface area contributed by atoms with Crippen molar-refractivity contribution in [3.8, 4) is 11.5 Å². The van der Waals surface area contributed by atoms with Crippen LogP contribution in [0.3, 0.4) is 0 Å². The Morgan fingerprint density at radius 1 is 1.04 bits per heavy atom. The molecule has 0 aromatic heterocycles. The normalized spacial score (nSPS) is 14.1. The van der Waals surface area contributed by atoms with E-state index >= 15 is 0 Å². The molecule has 4 rings (SSSR count). The largest absolute Gasteiger partial charge is 0.489 e. The minimum Gasteiger partial charge on any atom is -0.489 e. The van der Waals surface area contributed by atoms with Crippen molar-refractivity contribution in [2.24, 2.45) is 0 Å². The van der Waals surface area contributed by atoms with Crippen LogP contribution in [0, 0.1) is 12.7 Å². The summed E-state index contributed by atoms with van der Waals surface area (Å²) >= 11 is 0. The van der Waals surface area contributed by atoms with Crippen molar-refractivity contribution in [1.29, 1.82) is 0 Å². The molecule has 3 aromatic rings. The average molecular weight is 360 g/mol. The van der Waals surface area contributed by atoms with E-state index in [1.807, 2.05) is 43.3 Å². The van der Waals surface area contributed by atoms with Crippen LogP contribution < -0.4 is 9.47 Å². The zero-order valence-corrected chi connectivity index (χ0v) is 14.7. The molecule has 0 aliphatic carbocycles. The number of hydrogen-bond donors (Lipinski definition) is 0. The van der Waals surface area contributed by atoms with E-state index in [-0.39, 0.29) is 17.4 Å². The Bertz CT molecular complexity index is 1040. The van der Waals surface area contributed by atoms with Crippen LogP contribution in [0.25, 0.3) is 6.08 Å². The van der Waals surface area contributed by atoms with Crippen molar-refractivity contribution in [1.82, 2.24) is 0 Å². The van der Waals surface area contributed by atoms with Crippen LogP contribution in [0.1, 0.15) is 27.0 Å². The highest BCUT2D eigenvalue weighted by atomic mass is 19.1. The molecule has 134 valence electrons. The second-order valence-corrected chi connectivity index (χ2v) is 6.38. The van der Waals surface area contributed by atoms with Gasteiger partial charge in [0.2, 0.25) is 5.78 Å². The lowest BCUT2D eigenvalue weighted by atomic mass is 10.0. The van der Waals surface area contributed by atoms with Gasteiger partial charge in [0.05, 0.1) is 5.56 Å². The van der Waals surface area contributed by atoms with Gasteiger partial charge in [0.15, 0.2) is 5.76 Å². The number of carbonyl (C=O) groups is 1. The van der Waals surface area contributed by atoms with E-state index in [0.29, 0.717) is 29.2 Å². The number of hydrogen-bond acceptors (Lipinski definition) is 3. The van der Waals surface area contributed by atoms with Gasteiger partial charge in [-0.3, -0.25) is 4.79 Å². The molecular formula is C23H17FO3. The van der Waals surface area contributed by atoms with Gasteiger partial charge in [-0.2, -0.15) is 0 Å². The molecule has 0 unspecified atom stereocenters. The summed E-state index contributed by atoms with van der Waals surface area (Å²) in [6.07, 6.45) is 1.55. The maximum absolute atomic E-state index is 13.4. The second kappa shape index (κ2) is 7.08. The van der Waals surface area contributed by atoms with Crippen LogP contribution in [-0.4, -0.2) is 5.78 Å². The number of carbonyl (C=O) groups excluding carboxylic acids is 1. The van der Waals surface area contributed by atoms with Gasteiger partial charge in [0.25, 0.3) is 0 Å². The molecule has 4 heteroatoms. The molecule has 0 saturated heterocycles. The highest BCUT2D eigenvalue weighted by Gasteiger charge is 2.30. The van der Waals surface area contributed by atoms with Gasteiger partial charge in [-0.1, -0.05) is 42.5 Å². The number of rotatable bonds is 4. The molecule has 0 atom stereocenters. The lowest BCUT2D eigenvalue weighted by Crippen LogP contribution is -2.00. The number of allylic oxidation sites excluding steroid dienone is 1. The minimum atomic E-state index is -0.361. The molecule has 0 amide bonds. The molecule has 0 spiro atoms. The van der Waals surface area contributed by atoms with E-state index < -0.39 is 0 Å². The first-order valence-electron chi connectivity index (χ1n) is 8.61.